The van der Waals surface area contributed by atoms with Gasteiger partial charge in [0.25, 0.3) is 5.54 Å². The highest BCUT2D eigenvalue weighted by Gasteiger charge is 2.48. The molecule has 0 fully saturated rings. The minimum Gasteiger partial charge on any atom is -0.389 e. The van der Waals surface area contributed by atoms with Crippen LogP contribution in [0.4, 0.5) is 0 Å². The molecule has 78 valence electrons. The van der Waals surface area contributed by atoms with E-state index >= 15 is 0 Å². The van der Waals surface area contributed by atoms with Crippen LogP contribution < -0.4 is 0 Å². The van der Waals surface area contributed by atoms with Gasteiger partial charge in [-0.15, -0.1) is 0 Å². The molecule has 0 aromatic rings. The van der Waals surface area contributed by atoms with Crippen molar-refractivity contribution in [1.29, 1.82) is 0 Å². The Morgan fingerprint density at radius 2 is 1.92 bits per heavy atom. The Labute approximate surface area is 76.0 Å². The largest absolute Gasteiger partial charge is 0.389 e. The maximum absolute atomic E-state index is 10.5. The number of nitrogens with zero attached hydrogens (tertiary/aromatic N) is 1. The van der Waals surface area contributed by atoms with Crippen molar-refractivity contribution < 1.29 is 20.2 Å². The first-order valence-electron chi connectivity index (χ1n) is 4.09. The van der Waals surface area contributed by atoms with Gasteiger partial charge in [-0.05, 0) is 6.42 Å². The molecule has 1 atom stereocenters. The highest BCUT2D eigenvalue weighted by atomic mass is 16.6. The molecule has 0 bridgehead atoms. The van der Waals surface area contributed by atoms with Crippen molar-refractivity contribution in [2.75, 3.05) is 13.2 Å². The molecular weight excluding hydrogens is 178 g/mol. The van der Waals surface area contributed by atoms with Gasteiger partial charge in [0.05, 0.1) is 0 Å². The first-order valence-corrected chi connectivity index (χ1v) is 4.09. The average Bonchev–Trinajstić information content (AvgIpc) is 2.07. The van der Waals surface area contributed by atoms with Gasteiger partial charge < -0.3 is 15.3 Å². The van der Waals surface area contributed by atoms with Crippen molar-refractivity contribution in [3.8, 4) is 0 Å². The Morgan fingerprint density at radius 1 is 1.46 bits per heavy atom. The van der Waals surface area contributed by atoms with Gasteiger partial charge in [-0.2, -0.15) is 0 Å². The van der Waals surface area contributed by atoms with Gasteiger partial charge in [0.1, 0.15) is 19.3 Å². The molecule has 0 amide bonds. The lowest BCUT2D eigenvalue weighted by molar-refractivity contribution is -0.590. The summed E-state index contributed by atoms with van der Waals surface area (Å²) in [5, 5.41) is 37.5. The summed E-state index contributed by atoms with van der Waals surface area (Å²) >= 11 is 0. The maximum Gasteiger partial charge on any atom is 0.292 e. The van der Waals surface area contributed by atoms with Crippen LogP contribution in [-0.4, -0.2) is 45.1 Å². The zero-order valence-electron chi connectivity index (χ0n) is 7.51. The van der Waals surface area contributed by atoms with Crippen LogP contribution in [0.5, 0.6) is 0 Å². The van der Waals surface area contributed by atoms with Gasteiger partial charge in [0, 0.05) is 4.92 Å². The van der Waals surface area contributed by atoms with Crippen molar-refractivity contribution in [3.05, 3.63) is 10.1 Å². The molecule has 0 aliphatic heterocycles. The third-order valence-corrected chi connectivity index (χ3v) is 2.09. The first-order chi connectivity index (χ1) is 6.05. The number of rotatable bonds is 6. The minimum absolute atomic E-state index is 0.183. The second-order valence-corrected chi connectivity index (χ2v) is 2.98. The van der Waals surface area contributed by atoms with E-state index in [-0.39, 0.29) is 6.42 Å². The van der Waals surface area contributed by atoms with E-state index in [1.807, 2.05) is 0 Å². The predicted molar refractivity (Wildman–Crippen MR) is 44.8 cm³/mol. The third kappa shape index (κ3) is 2.36. The van der Waals surface area contributed by atoms with Gasteiger partial charge in [0.15, 0.2) is 0 Å². The van der Waals surface area contributed by atoms with Crippen molar-refractivity contribution in [2.24, 2.45) is 0 Å². The monoisotopic (exact) mass is 193 g/mol. The fraction of sp³-hybridized carbons (Fsp3) is 1.00. The summed E-state index contributed by atoms with van der Waals surface area (Å²) in [4.78, 5) is 9.70. The lowest BCUT2D eigenvalue weighted by Gasteiger charge is -2.25. The fourth-order valence-corrected chi connectivity index (χ4v) is 1.04. The lowest BCUT2D eigenvalue weighted by Crippen LogP contribution is -2.55. The summed E-state index contributed by atoms with van der Waals surface area (Å²) < 4.78 is 0. The fourth-order valence-electron chi connectivity index (χ4n) is 1.04. The molecule has 0 rings (SSSR count). The van der Waals surface area contributed by atoms with E-state index in [9.17, 15) is 15.2 Å². The van der Waals surface area contributed by atoms with Crippen molar-refractivity contribution in [2.45, 2.75) is 31.4 Å². The molecule has 0 aromatic carbocycles. The van der Waals surface area contributed by atoms with Crippen LogP contribution in [0.25, 0.3) is 0 Å². The second-order valence-electron chi connectivity index (χ2n) is 2.98. The Bertz CT molecular complexity index is 168. The third-order valence-electron chi connectivity index (χ3n) is 2.09. The zero-order valence-corrected chi connectivity index (χ0v) is 7.51. The number of nitro groups is 1. The molecule has 0 aliphatic carbocycles. The summed E-state index contributed by atoms with van der Waals surface area (Å²) in [5.74, 6) is 0. The number of hydrogen-bond donors (Lipinski definition) is 3. The Hall–Kier alpha value is -0.720. The predicted octanol–water partition coefficient (Wildman–Crippen LogP) is -0.853. The molecule has 13 heavy (non-hydrogen) atoms. The molecule has 0 aromatic heterocycles. The number of aliphatic hydroxyl groups is 3. The van der Waals surface area contributed by atoms with Crippen LogP contribution in [0.15, 0.2) is 0 Å². The van der Waals surface area contributed by atoms with E-state index in [1.165, 1.54) is 0 Å². The standard InChI is InChI=1S/C7H15NO5/c1-2-3-6(11)7(4-9,5-10)8(12)13/h6,9-11H,2-5H2,1H3. The molecule has 0 aliphatic rings. The van der Waals surface area contributed by atoms with Crippen LogP contribution in [0.2, 0.25) is 0 Å². The smallest absolute Gasteiger partial charge is 0.292 e. The summed E-state index contributed by atoms with van der Waals surface area (Å²) in [6.45, 7) is 0.0258. The van der Waals surface area contributed by atoms with Gasteiger partial charge in [-0.25, -0.2) is 0 Å². The van der Waals surface area contributed by atoms with E-state index in [2.05, 4.69) is 0 Å². The lowest BCUT2D eigenvalue weighted by atomic mass is 9.92. The van der Waals surface area contributed by atoms with Crippen LogP contribution in [0, 0.1) is 10.1 Å². The van der Waals surface area contributed by atoms with Crippen molar-refractivity contribution in [1.82, 2.24) is 0 Å². The molecule has 0 saturated heterocycles. The summed E-state index contributed by atoms with van der Waals surface area (Å²) in [6, 6.07) is 0. The van der Waals surface area contributed by atoms with Gasteiger partial charge >= 0.3 is 0 Å². The topological polar surface area (TPSA) is 104 Å². The van der Waals surface area contributed by atoms with Crippen molar-refractivity contribution in [3.63, 3.8) is 0 Å². The molecule has 0 radical (unpaired) electrons. The van der Waals surface area contributed by atoms with Crippen molar-refractivity contribution >= 4 is 0 Å². The molecule has 0 saturated carbocycles. The van der Waals surface area contributed by atoms with E-state index in [0.717, 1.165) is 0 Å². The summed E-state index contributed by atoms with van der Waals surface area (Å²) in [5.41, 5.74) is -2.02. The SMILES string of the molecule is CCCC(O)C(CO)(CO)[N+](=O)[O-]. The highest BCUT2D eigenvalue weighted by Crippen LogP contribution is 2.18. The molecular formula is C7H15NO5. The van der Waals surface area contributed by atoms with Gasteiger partial charge in [0.2, 0.25) is 0 Å². The van der Waals surface area contributed by atoms with Crippen LogP contribution in [0.1, 0.15) is 19.8 Å². The Balaban J connectivity index is 4.64. The van der Waals surface area contributed by atoms with E-state index in [0.29, 0.717) is 6.42 Å². The minimum atomic E-state index is -2.02. The first kappa shape index (κ1) is 12.3. The maximum atomic E-state index is 10.5. The zero-order chi connectivity index (χ0) is 10.5. The van der Waals surface area contributed by atoms with Crippen LogP contribution in [0.3, 0.4) is 0 Å². The van der Waals surface area contributed by atoms with E-state index < -0.39 is 29.8 Å². The van der Waals surface area contributed by atoms with Crippen LogP contribution >= 0.6 is 0 Å². The molecule has 0 spiro atoms. The number of aliphatic hydroxyl groups excluding tert-OH is 3. The summed E-state index contributed by atoms with van der Waals surface area (Å²) in [6.07, 6.45) is -0.582. The van der Waals surface area contributed by atoms with E-state index in [1.54, 1.807) is 6.92 Å². The highest BCUT2D eigenvalue weighted by molar-refractivity contribution is 4.85. The average molecular weight is 193 g/mol. The Kier molecular flexibility index (Phi) is 4.82. The van der Waals surface area contributed by atoms with Crippen LogP contribution in [-0.2, 0) is 0 Å². The molecule has 0 heterocycles. The molecule has 3 N–H and O–H groups in total. The normalized spacial score (nSPS) is 14.2. The second kappa shape index (κ2) is 5.11. The summed E-state index contributed by atoms with van der Waals surface area (Å²) in [7, 11) is 0. The molecule has 6 nitrogen and oxygen atoms in total. The number of hydrogen-bond acceptors (Lipinski definition) is 5. The van der Waals surface area contributed by atoms with E-state index in [4.69, 9.17) is 10.2 Å². The molecule has 1 unspecified atom stereocenters. The van der Waals surface area contributed by atoms with Gasteiger partial charge in [-0.3, -0.25) is 10.1 Å². The Morgan fingerprint density at radius 3 is 2.15 bits per heavy atom. The molecule has 6 heteroatoms. The van der Waals surface area contributed by atoms with Gasteiger partial charge in [-0.1, -0.05) is 13.3 Å². The quantitative estimate of drug-likeness (QED) is 0.376.